The molecule has 2 rings (SSSR count). The van der Waals surface area contributed by atoms with Gasteiger partial charge in [0.1, 0.15) is 17.5 Å². The van der Waals surface area contributed by atoms with E-state index in [9.17, 15) is 19.5 Å². The summed E-state index contributed by atoms with van der Waals surface area (Å²) in [4.78, 5) is 36.3. The van der Waals surface area contributed by atoms with E-state index in [4.69, 9.17) is 4.74 Å². The lowest BCUT2D eigenvalue weighted by Gasteiger charge is -2.26. The summed E-state index contributed by atoms with van der Waals surface area (Å²) >= 11 is 0. The zero-order valence-corrected chi connectivity index (χ0v) is 15.4. The molecule has 2 amide bonds. The maximum atomic E-state index is 12.8. The van der Waals surface area contributed by atoms with Crippen LogP contribution in [0.4, 0.5) is 0 Å². The number of carbonyl (C=O) groups excluding carboxylic acids is 2. The third-order valence-electron chi connectivity index (χ3n) is 3.99. The molecule has 1 heterocycles. The van der Waals surface area contributed by atoms with Gasteiger partial charge in [0.05, 0.1) is 12.8 Å². The van der Waals surface area contributed by atoms with Crippen LogP contribution in [0.5, 0.6) is 5.75 Å². The molecule has 1 unspecified atom stereocenters. The van der Waals surface area contributed by atoms with Gasteiger partial charge in [-0.1, -0.05) is 12.1 Å². The van der Waals surface area contributed by atoms with E-state index in [-0.39, 0.29) is 24.7 Å². The van der Waals surface area contributed by atoms with Crippen LogP contribution in [0, 0.1) is 0 Å². The summed E-state index contributed by atoms with van der Waals surface area (Å²) in [7, 11) is 1.55. The van der Waals surface area contributed by atoms with Crippen LogP contribution in [0.15, 0.2) is 30.3 Å². The SMILES string of the molecule is COc1cccc(-c2cc(C(=O)N(CCNC(C)=O)C(C)C(=O)O)[nH]n2)c1. The minimum Gasteiger partial charge on any atom is -0.497 e. The second-order valence-corrected chi connectivity index (χ2v) is 5.89. The minimum absolute atomic E-state index is 0.0550. The Kier molecular flexibility index (Phi) is 6.53. The van der Waals surface area contributed by atoms with Crippen molar-refractivity contribution in [3.63, 3.8) is 0 Å². The number of aliphatic carboxylic acids is 1. The monoisotopic (exact) mass is 374 g/mol. The lowest BCUT2D eigenvalue weighted by Crippen LogP contribution is -2.46. The van der Waals surface area contributed by atoms with E-state index in [0.29, 0.717) is 11.4 Å². The Morgan fingerprint density at radius 2 is 2.07 bits per heavy atom. The average molecular weight is 374 g/mol. The molecule has 0 spiro atoms. The zero-order valence-electron chi connectivity index (χ0n) is 15.4. The van der Waals surface area contributed by atoms with E-state index >= 15 is 0 Å². The molecule has 1 aromatic carbocycles. The van der Waals surface area contributed by atoms with Crippen molar-refractivity contribution in [2.75, 3.05) is 20.2 Å². The van der Waals surface area contributed by atoms with Crippen LogP contribution < -0.4 is 10.1 Å². The number of carboxylic acid groups (broad SMARTS) is 1. The Labute approximate surface area is 156 Å². The molecule has 0 aliphatic carbocycles. The second-order valence-electron chi connectivity index (χ2n) is 5.89. The number of benzene rings is 1. The number of rotatable bonds is 8. The van der Waals surface area contributed by atoms with Crippen LogP contribution in [0.25, 0.3) is 11.3 Å². The molecule has 0 radical (unpaired) electrons. The number of nitrogens with zero attached hydrogens (tertiary/aromatic N) is 2. The van der Waals surface area contributed by atoms with Gasteiger partial charge in [0.15, 0.2) is 0 Å². The standard InChI is InChI=1S/C18H22N4O5/c1-11(18(25)26)22(8-7-19-12(2)23)17(24)16-10-15(20-21-16)13-5-4-6-14(9-13)27-3/h4-6,9-11H,7-8H2,1-3H3,(H,19,23)(H,20,21)(H,25,26). The van der Waals surface area contributed by atoms with Crippen LogP contribution >= 0.6 is 0 Å². The van der Waals surface area contributed by atoms with Gasteiger partial charge in [0.25, 0.3) is 5.91 Å². The molecule has 9 nitrogen and oxygen atoms in total. The third kappa shape index (κ3) is 5.06. The Morgan fingerprint density at radius 1 is 1.33 bits per heavy atom. The normalized spacial score (nSPS) is 11.5. The summed E-state index contributed by atoms with van der Waals surface area (Å²) in [6, 6.07) is 7.68. The van der Waals surface area contributed by atoms with Gasteiger partial charge in [-0.2, -0.15) is 5.10 Å². The first-order valence-corrected chi connectivity index (χ1v) is 8.31. The zero-order chi connectivity index (χ0) is 20.0. The van der Waals surface area contributed by atoms with Gasteiger partial charge in [-0.05, 0) is 25.1 Å². The number of hydrogen-bond acceptors (Lipinski definition) is 5. The largest absolute Gasteiger partial charge is 0.497 e. The highest BCUT2D eigenvalue weighted by molar-refractivity contribution is 5.95. The topological polar surface area (TPSA) is 125 Å². The fraction of sp³-hybridized carbons (Fsp3) is 0.333. The van der Waals surface area contributed by atoms with Crippen molar-refractivity contribution < 1.29 is 24.2 Å². The summed E-state index contributed by atoms with van der Waals surface area (Å²) in [5.74, 6) is -1.26. The molecule has 0 fully saturated rings. The van der Waals surface area contributed by atoms with Gasteiger partial charge in [0.2, 0.25) is 5.91 Å². The Hall–Kier alpha value is -3.36. The number of aromatic nitrogens is 2. The molecule has 0 aliphatic rings. The number of H-pyrrole nitrogens is 1. The van der Waals surface area contributed by atoms with Crippen LogP contribution in [-0.4, -0.2) is 64.2 Å². The van der Waals surface area contributed by atoms with E-state index < -0.39 is 17.9 Å². The third-order valence-corrected chi connectivity index (χ3v) is 3.99. The van der Waals surface area contributed by atoms with Crippen LogP contribution in [-0.2, 0) is 9.59 Å². The molecular formula is C18H22N4O5. The summed E-state index contributed by atoms with van der Waals surface area (Å²) in [6.45, 7) is 2.96. The van der Waals surface area contributed by atoms with Gasteiger partial charge >= 0.3 is 5.97 Å². The number of amides is 2. The van der Waals surface area contributed by atoms with Gasteiger partial charge in [0, 0.05) is 25.6 Å². The van der Waals surface area contributed by atoms with Crippen LogP contribution in [0.1, 0.15) is 24.3 Å². The number of carbonyl (C=O) groups is 3. The van der Waals surface area contributed by atoms with Crippen molar-refractivity contribution in [2.24, 2.45) is 0 Å². The molecule has 144 valence electrons. The van der Waals surface area contributed by atoms with Crippen molar-refractivity contribution in [1.29, 1.82) is 0 Å². The molecule has 27 heavy (non-hydrogen) atoms. The molecule has 0 bridgehead atoms. The highest BCUT2D eigenvalue weighted by atomic mass is 16.5. The molecule has 2 aromatic rings. The molecule has 0 saturated carbocycles. The van der Waals surface area contributed by atoms with Gasteiger partial charge < -0.3 is 20.1 Å². The molecule has 9 heteroatoms. The highest BCUT2D eigenvalue weighted by Crippen LogP contribution is 2.23. The van der Waals surface area contributed by atoms with E-state index in [0.717, 1.165) is 5.56 Å². The van der Waals surface area contributed by atoms with E-state index in [1.54, 1.807) is 31.4 Å². The van der Waals surface area contributed by atoms with Gasteiger partial charge in [-0.3, -0.25) is 14.7 Å². The molecule has 1 aromatic heterocycles. The number of methoxy groups -OCH3 is 1. The first-order valence-electron chi connectivity index (χ1n) is 8.31. The van der Waals surface area contributed by atoms with Crippen molar-refractivity contribution in [3.05, 3.63) is 36.0 Å². The summed E-state index contributed by atoms with van der Waals surface area (Å²) in [6.07, 6.45) is 0. The lowest BCUT2D eigenvalue weighted by molar-refractivity contribution is -0.141. The predicted molar refractivity (Wildman–Crippen MR) is 97.4 cm³/mol. The van der Waals surface area contributed by atoms with Gasteiger partial charge in [-0.15, -0.1) is 0 Å². The van der Waals surface area contributed by atoms with E-state index in [2.05, 4.69) is 15.5 Å². The minimum atomic E-state index is -1.14. The van der Waals surface area contributed by atoms with Gasteiger partial charge in [-0.25, -0.2) is 4.79 Å². The Balaban J connectivity index is 2.22. The molecule has 0 saturated heterocycles. The summed E-state index contributed by atoms with van der Waals surface area (Å²) in [5.41, 5.74) is 1.44. The highest BCUT2D eigenvalue weighted by Gasteiger charge is 2.27. The first kappa shape index (κ1) is 20.0. The maximum absolute atomic E-state index is 12.8. The quantitative estimate of drug-likeness (QED) is 0.636. The maximum Gasteiger partial charge on any atom is 0.326 e. The lowest BCUT2D eigenvalue weighted by atomic mass is 10.1. The van der Waals surface area contributed by atoms with E-state index in [1.807, 2.05) is 6.07 Å². The number of ether oxygens (including phenoxy) is 1. The van der Waals surface area contributed by atoms with Crippen LogP contribution in [0.3, 0.4) is 0 Å². The average Bonchev–Trinajstić information content (AvgIpc) is 3.14. The number of nitrogens with one attached hydrogen (secondary N) is 2. The molecule has 3 N–H and O–H groups in total. The van der Waals surface area contributed by atoms with E-state index in [1.165, 1.54) is 18.7 Å². The fourth-order valence-electron chi connectivity index (χ4n) is 2.47. The van der Waals surface area contributed by atoms with Crippen molar-refractivity contribution in [2.45, 2.75) is 19.9 Å². The fourth-order valence-corrected chi connectivity index (χ4v) is 2.47. The second kappa shape index (κ2) is 8.84. The first-order chi connectivity index (χ1) is 12.8. The summed E-state index contributed by atoms with van der Waals surface area (Å²) in [5, 5.41) is 18.6. The van der Waals surface area contributed by atoms with Crippen LogP contribution in [0.2, 0.25) is 0 Å². The number of hydrogen-bond donors (Lipinski definition) is 3. The number of aromatic amines is 1. The predicted octanol–water partition coefficient (Wildman–Crippen LogP) is 1.14. The van der Waals surface area contributed by atoms with Crippen molar-refractivity contribution in [1.82, 2.24) is 20.4 Å². The molecule has 0 aliphatic heterocycles. The Morgan fingerprint density at radius 3 is 2.70 bits per heavy atom. The molecular weight excluding hydrogens is 352 g/mol. The van der Waals surface area contributed by atoms with Crippen molar-refractivity contribution in [3.8, 4) is 17.0 Å². The van der Waals surface area contributed by atoms with Crippen molar-refractivity contribution >= 4 is 17.8 Å². The molecule has 1 atom stereocenters. The summed E-state index contributed by atoms with van der Waals surface area (Å²) < 4.78 is 5.18. The Bertz CT molecular complexity index is 833. The number of carboxylic acids is 1. The smallest absolute Gasteiger partial charge is 0.326 e.